The van der Waals surface area contributed by atoms with E-state index in [9.17, 15) is 4.79 Å². The van der Waals surface area contributed by atoms with Gasteiger partial charge >= 0.3 is 0 Å². The van der Waals surface area contributed by atoms with E-state index in [0.29, 0.717) is 5.56 Å². The first kappa shape index (κ1) is 15.7. The minimum absolute atomic E-state index is 0.106. The van der Waals surface area contributed by atoms with Gasteiger partial charge in [0.1, 0.15) is 0 Å². The molecule has 3 nitrogen and oxygen atoms in total. The fourth-order valence-electron chi connectivity index (χ4n) is 2.08. The topological polar surface area (TPSA) is 32.3 Å². The Morgan fingerprint density at radius 1 is 1.14 bits per heavy atom. The summed E-state index contributed by atoms with van der Waals surface area (Å²) in [6.45, 7) is 2.86. The molecule has 0 unspecified atom stereocenters. The third-order valence-corrected chi connectivity index (χ3v) is 4.20. The summed E-state index contributed by atoms with van der Waals surface area (Å²) in [5, 5.41) is 2.92. The van der Waals surface area contributed by atoms with Gasteiger partial charge in [-0.25, -0.2) is 0 Å². The molecule has 0 aliphatic carbocycles. The molecule has 0 radical (unpaired) electrons. The van der Waals surface area contributed by atoms with Gasteiger partial charge in [-0.1, -0.05) is 24.3 Å². The molecule has 2 aromatic carbocycles. The predicted octanol–water partition coefficient (Wildman–Crippen LogP) is 4.07. The van der Waals surface area contributed by atoms with Gasteiger partial charge in [-0.3, -0.25) is 4.79 Å². The quantitative estimate of drug-likeness (QED) is 0.904. The van der Waals surface area contributed by atoms with Crippen LogP contribution in [0.1, 0.15) is 21.5 Å². The van der Waals surface area contributed by atoms with Crippen molar-refractivity contribution in [1.82, 2.24) is 4.90 Å². The van der Waals surface area contributed by atoms with Crippen molar-refractivity contribution in [3.8, 4) is 0 Å². The number of carbonyl (C=O) groups is 1. The summed E-state index contributed by atoms with van der Waals surface area (Å²) in [5.41, 5.74) is 3.71. The lowest BCUT2D eigenvalue weighted by Crippen LogP contribution is -2.13. The summed E-state index contributed by atoms with van der Waals surface area (Å²) in [4.78, 5) is 14.4. The number of hydrogen-bond acceptors (Lipinski definition) is 2. The number of amides is 1. The molecule has 0 aliphatic rings. The maximum absolute atomic E-state index is 12.3. The van der Waals surface area contributed by atoms with E-state index in [-0.39, 0.29) is 5.91 Å². The maximum atomic E-state index is 12.3. The van der Waals surface area contributed by atoms with Crippen LogP contribution in [0.2, 0.25) is 0 Å². The number of aryl methyl sites for hydroxylation is 1. The molecule has 0 bridgehead atoms. The van der Waals surface area contributed by atoms with Crippen molar-refractivity contribution in [2.24, 2.45) is 0 Å². The van der Waals surface area contributed by atoms with Crippen LogP contribution in [0.4, 0.5) is 5.69 Å². The first-order valence-electron chi connectivity index (χ1n) is 6.77. The zero-order valence-corrected chi connectivity index (χ0v) is 14.1. The van der Waals surface area contributed by atoms with E-state index in [2.05, 4.69) is 26.1 Å². The average molecular weight is 347 g/mol. The van der Waals surface area contributed by atoms with Gasteiger partial charge in [-0.05, 0) is 66.3 Å². The fraction of sp³-hybridized carbons (Fsp3) is 0.235. The number of benzene rings is 2. The van der Waals surface area contributed by atoms with E-state index in [4.69, 9.17) is 0 Å². The predicted molar refractivity (Wildman–Crippen MR) is 90.7 cm³/mol. The first-order chi connectivity index (χ1) is 9.97. The summed E-state index contributed by atoms with van der Waals surface area (Å²) in [6.07, 6.45) is 0. The van der Waals surface area contributed by atoms with Crippen molar-refractivity contribution in [1.29, 1.82) is 0 Å². The molecule has 0 fully saturated rings. The smallest absolute Gasteiger partial charge is 0.256 e. The SMILES string of the molecule is Cc1cccc(C(=O)Nc2ccc(CN(C)C)cc2)c1Br. The standard InChI is InChI=1S/C17H19BrN2O/c1-12-5-4-6-15(16(12)18)17(21)19-14-9-7-13(8-10-14)11-20(2)3/h4-10H,11H2,1-3H3,(H,19,21). The fourth-order valence-corrected chi connectivity index (χ4v) is 2.52. The van der Waals surface area contributed by atoms with Crippen LogP contribution in [-0.2, 0) is 6.54 Å². The summed E-state index contributed by atoms with van der Waals surface area (Å²) in [6, 6.07) is 13.6. The number of halogens is 1. The Bertz CT molecular complexity index is 636. The maximum Gasteiger partial charge on any atom is 0.256 e. The Morgan fingerprint density at radius 3 is 2.43 bits per heavy atom. The highest BCUT2D eigenvalue weighted by atomic mass is 79.9. The largest absolute Gasteiger partial charge is 0.322 e. The molecule has 0 spiro atoms. The highest BCUT2D eigenvalue weighted by molar-refractivity contribution is 9.10. The van der Waals surface area contributed by atoms with Crippen LogP contribution in [0.3, 0.4) is 0 Å². The molecule has 0 atom stereocenters. The van der Waals surface area contributed by atoms with Crippen LogP contribution >= 0.6 is 15.9 Å². The second-order valence-corrected chi connectivity index (χ2v) is 6.12. The molecule has 0 aliphatic heterocycles. The van der Waals surface area contributed by atoms with E-state index < -0.39 is 0 Å². The number of anilines is 1. The normalized spacial score (nSPS) is 10.7. The van der Waals surface area contributed by atoms with Gasteiger partial charge in [0.2, 0.25) is 0 Å². The molecular weight excluding hydrogens is 328 g/mol. The Morgan fingerprint density at radius 2 is 1.81 bits per heavy atom. The molecule has 0 heterocycles. The number of rotatable bonds is 4. The summed E-state index contributed by atoms with van der Waals surface area (Å²) < 4.78 is 0.840. The lowest BCUT2D eigenvalue weighted by molar-refractivity contribution is 0.102. The summed E-state index contributed by atoms with van der Waals surface area (Å²) in [5.74, 6) is -0.106. The second kappa shape index (κ2) is 6.87. The van der Waals surface area contributed by atoms with E-state index in [0.717, 1.165) is 22.3 Å². The number of hydrogen-bond donors (Lipinski definition) is 1. The Balaban J connectivity index is 2.11. The zero-order chi connectivity index (χ0) is 15.4. The van der Waals surface area contributed by atoms with Crippen molar-refractivity contribution < 1.29 is 4.79 Å². The van der Waals surface area contributed by atoms with Crippen LogP contribution in [0.15, 0.2) is 46.9 Å². The molecule has 4 heteroatoms. The second-order valence-electron chi connectivity index (χ2n) is 5.33. The van der Waals surface area contributed by atoms with Crippen LogP contribution in [-0.4, -0.2) is 24.9 Å². The number of carbonyl (C=O) groups excluding carboxylic acids is 1. The van der Waals surface area contributed by atoms with Crippen LogP contribution < -0.4 is 5.32 Å². The van der Waals surface area contributed by atoms with E-state index in [1.54, 1.807) is 0 Å². The number of nitrogens with zero attached hydrogens (tertiary/aromatic N) is 1. The van der Waals surface area contributed by atoms with Crippen molar-refractivity contribution in [2.45, 2.75) is 13.5 Å². The molecule has 1 N–H and O–H groups in total. The third-order valence-electron chi connectivity index (χ3n) is 3.15. The molecule has 0 saturated carbocycles. The van der Waals surface area contributed by atoms with Gasteiger partial charge in [0.05, 0.1) is 5.56 Å². The lowest BCUT2D eigenvalue weighted by Gasteiger charge is -2.11. The lowest BCUT2D eigenvalue weighted by atomic mass is 10.1. The molecule has 2 rings (SSSR count). The Kier molecular flexibility index (Phi) is 5.15. The molecule has 2 aromatic rings. The highest BCUT2D eigenvalue weighted by Crippen LogP contribution is 2.22. The molecule has 0 aromatic heterocycles. The highest BCUT2D eigenvalue weighted by Gasteiger charge is 2.11. The van der Waals surface area contributed by atoms with E-state index in [1.807, 2.05) is 63.5 Å². The molecular formula is C17H19BrN2O. The zero-order valence-electron chi connectivity index (χ0n) is 12.5. The molecule has 1 amide bonds. The van der Waals surface area contributed by atoms with Crippen LogP contribution in [0.25, 0.3) is 0 Å². The van der Waals surface area contributed by atoms with Gasteiger partial charge in [0.25, 0.3) is 5.91 Å². The van der Waals surface area contributed by atoms with E-state index in [1.165, 1.54) is 5.56 Å². The van der Waals surface area contributed by atoms with Crippen LogP contribution in [0, 0.1) is 6.92 Å². The van der Waals surface area contributed by atoms with Crippen molar-refractivity contribution >= 4 is 27.5 Å². The molecule has 21 heavy (non-hydrogen) atoms. The molecule has 0 saturated heterocycles. The Hall–Kier alpha value is -1.65. The number of nitrogens with one attached hydrogen (secondary N) is 1. The van der Waals surface area contributed by atoms with Gasteiger partial charge in [-0.2, -0.15) is 0 Å². The van der Waals surface area contributed by atoms with Crippen molar-refractivity contribution in [3.63, 3.8) is 0 Å². The minimum atomic E-state index is -0.106. The third kappa shape index (κ3) is 4.16. The monoisotopic (exact) mass is 346 g/mol. The van der Waals surface area contributed by atoms with Gasteiger partial charge in [0, 0.05) is 16.7 Å². The van der Waals surface area contributed by atoms with Crippen molar-refractivity contribution in [3.05, 3.63) is 63.6 Å². The minimum Gasteiger partial charge on any atom is -0.322 e. The first-order valence-corrected chi connectivity index (χ1v) is 7.57. The average Bonchev–Trinajstić information content (AvgIpc) is 2.43. The van der Waals surface area contributed by atoms with Crippen molar-refractivity contribution in [2.75, 3.05) is 19.4 Å². The molecule has 110 valence electrons. The summed E-state index contributed by atoms with van der Waals surface area (Å²) >= 11 is 3.47. The Labute approximate surface area is 134 Å². The van der Waals surface area contributed by atoms with Gasteiger partial charge in [-0.15, -0.1) is 0 Å². The van der Waals surface area contributed by atoms with Gasteiger partial charge < -0.3 is 10.2 Å². The summed E-state index contributed by atoms with van der Waals surface area (Å²) in [7, 11) is 4.07. The van der Waals surface area contributed by atoms with Crippen LogP contribution in [0.5, 0.6) is 0 Å². The van der Waals surface area contributed by atoms with Gasteiger partial charge in [0.15, 0.2) is 0 Å². The van der Waals surface area contributed by atoms with E-state index >= 15 is 0 Å².